The summed E-state index contributed by atoms with van der Waals surface area (Å²) in [7, 11) is 0. The van der Waals surface area contributed by atoms with Gasteiger partial charge in [-0.3, -0.25) is 4.98 Å². The third-order valence-corrected chi connectivity index (χ3v) is 7.08. The Morgan fingerprint density at radius 2 is 1.91 bits per heavy atom. The molecule has 9 heteroatoms. The number of fused-ring (bicyclic) bond motifs is 1. The molecule has 1 saturated carbocycles. The minimum absolute atomic E-state index is 0.175. The minimum Gasteiger partial charge on any atom is -0.470 e. The fourth-order valence-corrected chi connectivity index (χ4v) is 4.77. The van der Waals surface area contributed by atoms with Gasteiger partial charge in [-0.25, -0.2) is 9.97 Å². The molecule has 4 heterocycles. The van der Waals surface area contributed by atoms with Crippen molar-refractivity contribution in [2.24, 2.45) is 0 Å². The van der Waals surface area contributed by atoms with E-state index in [2.05, 4.69) is 61.8 Å². The van der Waals surface area contributed by atoms with Crippen LogP contribution in [0.3, 0.4) is 0 Å². The van der Waals surface area contributed by atoms with Crippen LogP contribution in [0.5, 0.6) is 5.88 Å². The van der Waals surface area contributed by atoms with E-state index in [1.54, 1.807) is 6.33 Å². The molecule has 180 valence electrons. The molecule has 0 unspecified atom stereocenters. The molecule has 0 radical (unpaired) electrons. The van der Waals surface area contributed by atoms with Crippen molar-refractivity contribution in [2.75, 3.05) is 31.1 Å². The first-order chi connectivity index (χ1) is 17.0. The summed E-state index contributed by atoms with van der Waals surface area (Å²) in [6.45, 7) is 8.54. The Morgan fingerprint density at radius 1 is 1.09 bits per heavy atom. The average molecular weight is 490 g/mol. The molecule has 2 fully saturated rings. The van der Waals surface area contributed by atoms with Gasteiger partial charge in [0.2, 0.25) is 5.88 Å². The maximum Gasteiger partial charge on any atom is 0.245 e. The topological polar surface area (TPSA) is 81.0 Å². The Hall–Kier alpha value is -3.23. The first kappa shape index (κ1) is 22.2. The molecule has 1 aromatic carbocycles. The molecule has 35 heavy (non-hydrogen) atoms. The van der Waals surface area contributed by atoms with Crippen molar-refractivity contribution >= 4 is 28.5 Å². The van der Waals surface area contributed by atoms with E-state index in [-0.39, 0.29) is 5.60 Å². The van der Waals surface area contributed by atoms with Crippen molar-refractivity contribution in [1.29, 1.82) is 0 Å². The monoisotopic (exact) mass is 489 g/mol. The number of nitrogens with zero attached hydrogens (tertiary/aromatic N) is 6. The van der Waals surface area contributed by atoms with Gasteiger partial charge in [-0.05, 0) is 62.6 Å². The number of pyridine rings is 1. The lowest BCUT2D eigenvalue weighted by molar-refractivity contribution is 0.194. The van der Waals surface area contributed by atoms with Gasteiger partial charge in [0.15, 0.2) is 11.2 Å². The largest absolute Gasteiger partial charge is 0.470 e. The number of nitrogens with one attached hydrogen (secondary N) is 1. The zero-order valence-electron chi connectivity index (χ0n) is 20.0. The summed E-state index contributed by atoms with van der Waals surface area (Å²) < 4.78 is 8.30. The van der Waals surface area contributed by atoms with Crippen molar-refractivity contribution in [3.05, 3.63) is 59.1 Å². The second-order valence-electron chi connectivity index (χ2n) is 9.65. The molecule has 0 atom stereocenters. The maximum atomic E-state index is 6.89. The highest BCUT2D eigenvalue weighted by molar-refractivity contribution is 6.33. The van der Waals surface area contributed by atoms with Crippen molar-refractivity contribution in [3.8, 4) is 17.3 Å². The molecule has 0 spiro atoms. The summed E-state index contributed by atoms with van der Waals surface area (Å²) in [5.74, 6) is 1.24. The van der Waals surface area contributed by atoms with Gasteiger partial charge in [0, 0.05) is 43.6 Å². The van der Waals surface area contributed by atoms with Crippen molar-refractivity contribution < 1.29 is 4.74 Å². The van der Waals surface area contributed by atoms with Gasteiger partial charge in [0.25, 0.3) is 0 Å². The molecule has 0 bridgehead atoms. The van der Waals surface area contributed by atoms with Crippen LogP contribution in [0, 0.1) is 6.92 Å². The Morgan fingerprint density at radius 3 is 2.66 bits per heavy atom. The van der Waals surface area contributed by atoms with Gasteiger partial charge in [0.1, 0.15) is 17.8 Å². The summed E-state index contributed by atoms with van der Waals surface area (Å²) in [6, 6.07) is 10.3. The first-order valence-corrected chi connectivity index (χ1v) is 12.4. The molecule has 2 aliphatic rings. The van der Waals surface area contributed by atoms with Crippen molar-refractivity contribution in [2.45, 2.75) is 38.8 Å². The molecular weight excluding hydrogens is 462 g/mol. The van der Waals surface area contributed by atoms with E-state index in [0.29, 0.717) is 28.6 Å². The molecule has 8 nitrogen and oxygen atoms in total. The lowest BCUT2D eigenvalue weighted by atomic mass is 10.1. The summed E-state index contributed by atoms with van der Waals surface area (Å²) in [5, 5.41) is 4.05. The molecule has 6 rings (SSSR count). The van der Waals surface area contributed by atoms with Gasteiger partial charge >= 0.3 is 0 Å². The SMILES string of the molecule is Cc1ccnc(Cn2c(-c3ccc(N4CCNCC4)cc3Cl)nc3c(OC4(C)CC4)ncnc32)c1. The fourth-order valence-electron chi connectivity index (χ4n) is 4.51. The van der Waals surface area contributed by atoms with E-state index in [4.69, 9.17) is 21.3 Å². The van der Waals surface area contributed by atoms with Gasteiger partial charge in [-0.15, -0.1) is 0 Å². The molecule has 4 aromatic rings. The quantitative estimate of drug-likeness (QED) is 0.434. The first-order valence-electron chi connectivity index (χ1n) is 12.1. The summed E-state index contributed by atoms with van der Waals surface area (Å²) in [6.07, 6.45) is 5.40. The number of hydrogen-bond donors (Lipinski definition) is 1. The number of imidazole rings is 1. The van der Waals surface area contributed by atoms with Crippen LogP contribution < -0.4 is 15.0 Å². The third kappa shape index (κ3) is 4.44. The second kappa shape index (κ2) is 8.77. The number of aromatic nitrogens is 5. The smallest absolute Gasteiger partial charge is 0.245 e. The number of rotatable bonds is 6. The zero-order valence-corrected chi connectivity index (χ0v) is 20.7. The molecule has 1 aliphatic heterocycles. The van der Waals surface area contributed by atoms with Crippen LogP contribution in [0.1, 0.15) is 31.0 Å². The van der Waals surface area contributed by atoms with E-state index in [9.17, 15) is 0 Å². The highest BCUT2D eigenvalue weighted by Gasteiger charge is 2.41. The maximum absolute atomic E-state index is 6.89. The Bertz CT molecular complexity index is 1390. The third-order valence-electron chi connectivity index (χ3n) is 6.76. The standard InChI is InChI=1S/C26H28ClN7O/c1-17-5-8-29-18(13-17)15-34-23(20-4-3-19(14-21(20)27)33-11-9-28-10-12-33)32-22-24(34)30-16-31-25(22)35-26(2)6-7-26/h3-5,8,13-14,16,28H,6-7,9-12,15H2,1-2H3. The number of halogens is 1. The Labute approximate surface area is 209 Å². The Balaban J connectivity index is 1.46. The molecule has 0 amide bonds. The predicted molar refractivity (Wildman–Crippen MR) is 137 cm³/mol. The van der Waals surface area contributed by atoms with Gasteiger partial charge in [0.05, 0.1) is 17.3 Å². The van der Waals surface area contributed by atoms with E-state index in [0.717, 1.165) is 67.4 Å². The minimum atomic E-state index is -0.175. The normalized spacial score (nSPS) is 17.1. The summed E-state index contributed by atoms with van der Waals surface area (Å²) in [5.41, 5.74) is 5.22. The molecule has 1 saturated heterocycles. The van der Waals surface area contributed by atoms with E-state index in [1.165, 1.54) is 0 Å². The molecule has 1 N–H and O–H groups in total. The number of ether oxygens (including phenoxy) is 1. The van der Waals surface area contributed by atoms with Gasteiger partial charge in [-0.2, -0.15) is 4.98 Å². The average Bonchev–Trinajstić information content (AvgIpc) is 3.48. The van der Waals surface area contributed by atoms with Gasteiger partial charge < -0.3 is 19.5 Å². The lowest BCUT2D eigenvalue weighted by Gasteiger charge is -2.29. The molecular formula is C26H28ClN7O. The number of anilines is 1. The highest BCUT2D eigenvalue weighted by atomic mass is 35.5. The zero-order chi connectivity index (χ0) is 24.0. The van der Waals surface area contributed by atoms with Crippen LogP contribution in [0.2, 0.25) is 5.02 Å². The van der Waals surface area contributed by atoms with E-state index in [1.807, 2.05) is 18.3 Å². The lowest BCUT2D eigenvalue weighted by Crippen LogP contribution is -2.43. The number of piperazine rings is 1. The highest BCUT2D eigenvalue weighted by Crippen LogP contribution is 2.41. The van der Waals surface area contributed by atoms with Crippen molar-refractivity contribution in [3.63, 3.8) is 0 Å². The van der Waals surface area contributed by atoms with Gasteiger partial charge in [-0.1, -0.05) is 11.6 Å². The predicted octanol–water partition coefficient (Wildman–Crippen LogP) is 4.24. The number of aryl methyl sites for hydroxylation is 1. The van der Waals surface area contributed by atoms with Crippen LogP contribution in [-0.2, 0) is 6.54 Å². The van der Waals surface area contributed by atoms with Crippen LogP contribution in [0.25, 0.3) is 22.6 Å². The number of benzene rings is 1. The Kier molecular flexibility index (Phi) is 5.57. The molecule has 1 aliphatic carbocycles. The van der Waals surface area contributed by atoms with E-state index < -0.39 is 0 Å². The van der Waals surface area contributed by atoms with Crippen molar-refractivity contribution in [1.82, 2.24) is 29.8 Å². The molecule has 3 aromatic heterocycles. The summed E-state index contributed by atoms with van der Waals surface area (Å²) >= 11 is 6.89. The van der Waals surface area contributed by atoms with Crippen LogP contribution in [0.15, 0.2) is 42.9 Å². The summed E-state index contributed by atoms with van der Waals surface area (Å²) in [4.78, 5) is 20.9. The van der Waals surface area contributed by atoms with Crippen LogP contribution >= 0.6 is 11.6 Å². The van der Waals surface area contributed by atoms with Crippen LogP contribution in [-0.4, -0.2) is 56.3 Å². The number of hydrogen-bond acceptors (Lipinski definition) is 7. The fraction of sp³-hybridized carbons (Fsp3) is 0.385. The van der Waals surface area contributed by atoms with Crippen LogP contribution in [0.4, 0.5) is 5.69 Å². The van der Waals surface area contributed by atoms with E-state index >= 15 is 0 Å². The second-order valence-corrected chi connectivity index (χ2v) is 10.1.